The van der Waals surface area contributed by atoms with Gasteiger partial charge in [0.05, 0.1) is 19.3 Å². The zero-order chi connectivity index (χ0) is 19.3. The Hall–Kier alpha value is -2.76. The molecule has 28 heavy (non-hydrogen) atoms. The minimum absolute atomic E-state index is 0.0195. The van der Waals surface area contributed by atoms with Gasteiger partial charge in [0.1, 0.15) is 5.82 Å². The zero-order valence-corrected chi connectivity index (χ0v) is 15.6. The summed E-state index contributed by atoms with van der Waals surface area (Å²) in [5, 5.41) is 5.21. The highest BCUT2D eigenvalue weighted by Crippen LogP contribution is 2.22. The lowest BCUT2D eigenvalue weighted by atomic mass is 10.0. The van der Waals surface area contributed by atoms with Crippen LogP contribution in [-0.2, 0) is 4.74 Å². The zero-order valence-electron chi connectivity index (χ0n) is 15.6. The van der Waals surface area contributed by atoms with Gasteiger partial charge >= 0.3 is 0 Å². The Morgan fingerprint density at radius 2 is 1.71 bits per heavy atom. The van der Waals surface area contributed by atoms with Gasteiger partial charge in [-0.3, -0.25) is 9.69 Å². The maximum absolute atomic E-state index is 13.4. The van der Waals surface area contributed by atoms with E-state index in [1.54, 1.807) is 12.1 Å². The van der Waals surface area contributed by atoms with Crippen LogP contribution in [0, 0.1) is 5.82 Å². The molecule has 0 bridgehead atoms. The Labute approximate surface area is 163 Å². The molecule has 1 aliphatic rings. The summed E-state index contributed by atoms with van der Waals surface area (Å²) in [5.74, 6) is -0.365. The first-order valence-electron chi connectivity index (χ1n) is 9.55. The second-order valence-corrected chi connectivity index (χ2v) is 6.99. The number of nitrogens with one attached hydrogen (secondary N) is 1. The Morgan fingerprint density at radius 3 is 2.46 bits per heavy atom. The summed E-state index contributed by atoms with van der Waals surface area (Å²) in [6, 6.07) is 20.2. The maximum Gasteiger partial charge on any atom is 0.251 e. The molecule has 5 heteroatoms. The lowest BCUT2D eigenvalue weighted by molar-refractivity contribution is 0.0162. The van der Waals surface area contributed by atoms with Crippen LogP contribution in [0.2, 0.25) is 0 Å². The predicted molar refractivity (Wildman–Crippen MR) is 108 cm³/mol. The largest absolute Gasteiger partial charge is 0.379 e. The van der Waals surface area contributed by atoms with Gasteiger partial charge in [-0.05, 0) is 40.6 Å². The first kappa shape index (κ1) is 18.6. The van der Waals surface area contributed by atoms with E-state index in [4.69, 9.17) is 4.74 Å². The minimum atomic E-state index is -0.260. The number of fused-ring (bicyclic) bond motifs is 1. The van der Waals surface area contributed by atoms with E-state index < -0.39 is 0 Å². The van der Waals surface area contributed by atoms with Gasteiger partial charge in [-0.2, -0.15) is 0 Å². The van der Waals surface area contributed by atoms with Gasteiger partial charge in [-0.15, -0.1) is 0 Å². The van der Waals surface area contributed by atoms with Gasteiger partial charge in [-0.25, -0.2) is 4.39 Å². The van der Waals surface area contributed by atoms with Gasteiger partial charge in [0.25, 0.3) is 5.91 Å². The van der Waals surface area contributed by atoms with Crippen molar-refractivity contribution in [3.05, 3.63) is 83.7 Å². The van der Waals surface area contributed by atoms with Crippen molar-refractivity contribution in [1.29, 1.82) is 0 Å². The third kappa shape index (κ3) is 4.21. The summed E-state index contributed by atoms with van der Waals surface area (Å²) < 4.78 is 18.8. The molecule has 3 aromatic rings. The van der Waals surface area contributed by atoms with Gasteiger partial charge in [0.15, 0.2) is 0 Å². The number of hydrogen-bond acceptors (Lipinski definition) is 3. The van der Waals surface area contributed by atoms with Crippen LogP contribution in [0.5, 0.6) is 0 Å². The molecule has 4 rings (SSSR count). The number of ether oxygens (including phenoxy) is 1. The summed E-state index contributed by atoms with van der Waals surface area (Å²) >= 11 is 0. The molecule has 4 nitrogen and oxygen atoms in total. The number of nitrogens with zero attached hydrogens (tertiary/aromatic N) is 1. The van der Waals surface area contributed by atoms with Crippen molar-refractivity contribution in [1.82, 2.24) is 10.2 Å². The highest BCUT2D eigenvalue weighted by atomic mass is 19.1. The second kappa shape index (κ2) is 8.50. The van der Waals surface area contributed by atoms with Crippen LogP contribution in [0.15, 0.2) is 66.7 Å². The maximum atomic E-state index is 13.4. The summed E-state index contributed by atoms with van der Waals surface area (Å²) in [5.41, 5.74) is 1.63. The Bertz CT molecular complexity index is 952. The summed E-state index contributed by atoms with van der Waals surface area (Å²) in [4.78, 5) is 15.0. The van der Waals surface area contributed by atoms with Gasteiger partial charge in [-0.1, -0.05) is 42.5 Å². The molecule has 1 amide bonds. The van der Waals surface area contributed by atoms with E-state index in [2.05, 4.69) is 10.2 Å². The summed E-state index contributed by atoms with van der Waals surface area (Å²) in [6.45, 7) is 3.35. The molecule has 0 spiro atoms. The van der Waals surface area contributed by atoms with Gasteiger partial charge < -0.3 is 10.1 Å². The summed E-state index contributed by atoms with van der Waals surface area (Å²) in [7, 11) is 0. The second-order valence-electron chi connectivity index (χ2n) is 6.99. The standard InChI is InChI=1S/C23H23FN2O2/c24-21-9-7-18(8-10-21)22(26-11-13-28-14-12-26)16-25-23(27)20-6-5-17-3-1-2-4-19(17)15-20/h1-10,15,22H,11-14,16H2,(H,25,27)/t22-/m0/s1. The SMILES string of the molecule is O=C(NC[C@@H](c1ccc(F)cc1)N1CCOCC1)c1ccc2ccccc2c1. The number of hydrogen-bond donors (Lipinski definition) is 1. The molecule has 0 unspecified atom stereocenters. The van der Waals surface area contributed by atoms with E-state index in [1.165, 1.54) is 12.1 Å². The molecular weight excluding hydrogens is 355 g/mol. The quantitative estimate of drug-likeness (QED) is 0.735. The van der Waals surface area contributed by atoms with Crippen LogP contribution < -0.4 is 5.32 Å². The molecule has 1 atom stereocenters. The van der Waals surface area contributed by atoms with Crippen molar-refractivity contribution < 1.29 is 13.9 Å². The molecule has 1 heterocycles. The number of carbonyl (C=O) groups is 1. The third-order valence-corrected chi connectivity index (χ3v) is 5.21. The fourth-order valence-corrected chi connectivity index (χ4v) is 3.65. The Morgan fingerprint density at radius 1 is 1.00 bits per heavy atom. The number of halogens is 1. The van der Waals surface area contributed by atoms with Crippen molar-refractivity contribution in [2.45, 2.75) is 6.04 Å². The van der Waals surface area contributed by atoms with Crippen LogP contribution in [-0.4, -0.2) is 43.7 Å². The molecule has 0 aromatic heterocycles. The van der Waals surface area contributed by atoms with Crippen molar-refractivity contribution in [3.63, 3.8) is 0 Å². The van der Waals surface area contributed by atoms with E-state index in [9.17, 15) is 9.18 Å². The molecule has 1 saturated heterocycles. The highest BCUT2D eigenvalue weighted by Gasteiger charge is 2.23. The first-order chi connectivity index (χ1) is 13.7. The van der Waals surface area contributed by atoms with Crippen molar-refractivity contribution in [2.75, 3.05) is 32.8 Å². The number of rotatable bonds is 5. The lowest BCUT2D eigenvalue weighted by Crippen LogP contribution is -2.43. The first-order valence-corrected chi connectivity index (χ1v) is 9.55. The van der Waals surface area contributed by atoms with Crippen molar-refractivity contribution in [3.8, 4) is 0 Å². The normalized spacial score (nSPS) is 16.0. The van der Waals surface area contributed by atoms with E-state index in [1.807, 2.05) is 42.5 Å². The summed E-state index contributed by atoms with van der Waals surface area (Å²) in [6.07, 6.45) is 0. The Balaban J connectivity index is 1.50. The van der Waals surface area contributed by atoms with Crippen LogP contribution in [0.3, 0.4) is 0 Å². The van der Waals surface area contributed by atoms with Crippen LogP contribution in [0.25, 0.3) is 10.8 Å². The fraction of sp³-hybridized carbons (Fsp3) is 0.261. The molecule has 144 valence electrons. The molecule has 3 aromatic carbocycles. The monoisotopic (exact) mass is 378 g/mol. The number of benzene rings is 3. The van der Waals surface area contributed by atoms with Gasteiger partial charge in [0.2, 0.25) is 0 Å². The van der Waals surface area contributed by atoms with Crippen molar-refractivity contribution >= 4 is 16.7 Å². The van der Waals surface area contributed by atoms with Gasteiger partial charge in [0, 0.05) is 25.2 Å². The third-order valence-electron chi connectivity index (χ3n) is 5.21. The molecule has 1 aliphatic heterocycles. The fourth-order valence-electron chi connectivity index (χ4n) is 3.65. The van der Waals surface area contributed by atoms with Crippen LogP contribution in [0.1, 0.15) is 22.0 Å². The topological polar surface area (TPSA) is 41.6 Å². The molecule has 0 saturated carbocycles. The average Bonchev–Trinajstić information content (AvgIpc) is 2.75. The molecule has 1 N–H and O–H groups in total. The molecule has 0 radical (unpaired) electrons. The van der Waals surface area contributed by atoms with E-state index >= 15 is 0 Å². The van der Waals surface area contributed by atoms with E-state index in [0.29, 0.717) is 25.3 Å². The van der Waals surface area contributed by atoms with E-state index in [0.717, 1.165) is 29.4 Å². The molecule has 0 aliphatic carbocycles. The highest BCUT2D eigenvalue weighted by molar-refractivity contribution is 5.98. The van der Waals surface area contributed by atoms with Crippen LogP contribution in [0.4, 0.5) is 4.39 Å². The van der Waals surface area contributed by atoms with E-state index in [-0.39, 0.29) is 17.8 Å². The Kier molecular flexibility index (Phi) is 5.65. The lowest BCUT2D eigenvalue weighted by Gasteiger charge is -2.35. The van der Waals surface area contributed by atoms with Crippen molar-refractivity contribution in [2.24, 2.45) is 0 Å². The number of morpholine rings is 1. The van der Waals surface area contributed by atoms with Crippen LogP contribution >= 0.6 is 0 Å². The smallest absolute Gasteiger partial charge is 0.251 e. The average molecular weight is 378 g/mol. The minimum Gasteiger partial charge on any atom is -0.379 e. The number of carbonyl (C=O) groups excluding carboxylic acids is 1. The molecule has 1 fully saturated rings. The number of amides is 1. The predicted octanol–water partition coefficient (Wildman–Crippen LogP) is 3.78. The molecular formula is C23H23FN2O2.